The molecule has 0 bridgehead atoms. The van der Waals surface area contributed by atoms with E-state index in [-0.39, 0.29) is 5.75 Å². The van der Waals surface area contributed by atoms with Crippen LogP contribution in [0.15, 0.2) is 115 Å². The van der Waals surface area contributed by atoms with Crippen LogP contribution in [0.4, 0.5) is 0 Å². The molecule has 0 aliphatic carbocycles. The summed E-state index contributed by atoms with van der Waals surface area (Å²) in [5.74, 6) is 0.215. The van der Waals surface area contributed by atoms with Gasteiger partial charge < -0.3 is 5.11 Å². The van der Waals surface area contributed by atoms with Crippen LogP contribution in [0.5, 0.6) is 5.75 Å². The number of phenolic OH excluding ortho intramolecular Hbond substituents is 1. The van der Waals surface area contributed by atoms with E-state index in [1.54, 1.807) is 6.07 Å². The maximum absolute atomic E-state index is 10.6. The molecular weight excluding hydrogens is 368 g/mol. The van der Waals surface area contributed by atoms with Crippen LogP contribution < -0.4 is 0 Å². The minimum atomic E-state index is 0.215. The van der Waals surface area contributed by atoms with Crippen molar-refractivity contribution in [1.29, 1.82) is 0 Å². The summed E-state index contributed by atoms with van der Waals surface area (Å²) in [6, 6.07) is 38.0. The minimum absolute atomic E-state index is 0.215. The third-order valence-corrected chi connectivity index (χ3v) is 5.16. The van der Waals surface area contributed by atoms with Gasteiger partial charge in [0.1, 0.15) is 11.4 Å². The van der Waals surface area contributed by atoms with Gasteiger partial charge in [-0.2, -0.15) is 5.10 Å². The largest absolute Gasteiger partial charge is 0.507 e. The molecule has 144 valence electrons. The smallest absolute Gasteiger partial charge is 0.125 e. The van der Waals surface area contributed by atoms with Gasteiger partial charge in [-0.05, 0) is 29.8 Å². The lowest BCUT2D eigenvalue weighted by molar-refractivity contribution is 0.477. The molecule has 0 amide bonds. The zero-order valence-corrected chi connectivity index (χ0v) is 16.3. The van der Waals surface area contributed by atoms with Crippen molar-refractivity contribution in [1.82, 2.24) is 9.78 Å². The van der Waals surface area contributed by atoms with Crippen LogP contribution >= 0.6 is 0 Å². The second-order valence-electron chi connectivity index (χ2n) is 7.07. The van der Waals surface area contributed by atoms with Crippen molar-refractivity contribution < 1.29 is 5.11 Å². The first-order chi connectivity index (χ1) is 14.8. The average molecular weight is 388 g/mol. The summed E-state index contributed by atoms with van der Waals surface area (Å²) in [6.45, 7) is 0. The van der Waals surface area contributed by atoms with Gasteiger partial charge in [-0.15, -0.1) is 0 Å². The Bertz CT molecular complexity index is 1280. The van der Waals surface area contributed by atoms with Crippen LogP contribution in [0.3, 0.4) is 0 Å². The topological polar surface area (TPSA) is 38.1 Å². The first kappa shape index (κ1) is 18.0. The van der Waals surface area contributed by atoms with Crippen molar-refractivity contribution in [3.8, 4) is 45.1 Å². The number of aromatic hydroxyl groups is 1. The highest BCUT2D eigenvalue weighted by molar-refractivity contribution is 5.93. The van der Waals surface area contributed by atoms with E-state index in [2.05, 4.69) is 24.3 Å². The molecule has 1 aromatic heterocycles. The van der Waals surface area contributed by atoms with Gasteiger partial charge in [-0.1, -0.05) is 91.0 Å². The molecule has 5 rings (SSSR count). The Morgan fingerprint density at radius 2 is 1.10 bits per heavy atom. The number of hydrogen-bond acceptors (Lipinski definition) is 2. The van der Waals surface area contributed by atoms with E-state index >= 15 is 0 Å². The standard InChI is InChI=1S/C27H20N2O/c30-24-19-11-10-18-23(24)26-25(20-12-4-1-5-13-20)27(21-14-6-2-7-15-21)29(28-26)22-16-8-3-9-17-22/h1-19,30H. The maximum atomic E-state index is 10.6. The number of phenols is 1. The van der Waals surface area contributed by atoms with Gasteiger partial charge in [0.2, 0.25) is 0 Å². The van der Waals surface area contributed by atoms with Gasteiger partial charge in [-0.25, -0.2) is 4.68 Å². The van der Waals surface area contributed by atoms with Crippen molar-refractivity contribution >= 4 is 0 Å². The molecule has 0 aliphatic heterocycles. The van der Waals surface area contributed by atoms with Gasteiger partial charge in [0.05, 0.1) is 11.4 Å². The summed E-state index contributed by atoms with van der Waals surface area (Å²) in [6.07, 6.45) is 0. The molecule has 30 heavy (non-hydrogen) atoms. The molecule has 1 heterocycles. The summed E-state index contributed by atoms with van der Waals surface area (Å²) in [5, 5.41) is 15.6. The highest BCUT2D eigenvalue weighted by Gasteiger charge is 2.24. The van der Waals surface area contributed by atoms with E-state index in [0.717, 1.165) is 33.8 Å². The second-order valence-corrected chi connectivity index (χ2v) is 7.07. The molecule has 0 unspecified atom stereocenters. The molecule has 3 nitrogen and oxygen atoms in total. The first-order valence-corrected chi connectivity index (χ1v) is 9.90. The molecule has 0 atom stereocenters. The quantitative estimate of drug-likeness (QED) is 0.378. The van der Waals surface area contributed by atoms with E-state index in [4.69, 9.17) is 5.10 Å². The Morgan fingerprint density at radius 1 is 0.567 bits per heavy atom. The lowest BCUT2D eigenvalue weighted by atomic mass is 9.95. The van der Waals surface area contributed by atoms with Gasteiger partial charge in [0, 0.05) is 16.7 Å². The highest BCUT2D eigenvalue weighted by Crippen LogP contribution is 2.43. The summed E-state index contributed by atoms with van der Waals surface area (Å²) in [5.41, 5.74) is 6.53. The third-order valence-electron chi connectivity index (χ3n) is 5.16. The lowest BCUT2D eigenvalue weighted by Gasteiger charge is -2.11. The van der Waals surface area contributed by atoms with Crippen LogP contribution in [0.25, 0.3) is 39.3 Å². The number of nitrogens with zero attached hydrogens (tertiary/aromatic N) is 2. The van der Waals surface area contributed by atoms with Crippen molar-refractivity contribution in [2.45, 2.75) is 0 Å². The molecule has 1 N–H and O–H groups in total. The molecule has 0 aliphatic rings. The molecule has 0 fully saturated rings. The van der Waals surface area contributed by atoms with Crippen molar-refractivity contribution in [3.63, 3.8) is 0 Å². The van der Waals surface area contributed by atoms with Crippen LogP contribution in [0, 0.1) is 0 Å². The van der Waals surface area contributed by atoms with Crippen LogP contribution in [-0.2, 0) is 0 Å². The fourth-order valence-electron chi connectivity index (χ4n) is 3.78. The predicted octanol–water partition coefficient (Wildman–Crippen LogP) is 6.58. The molecule has 0 saturated heterocycles. The zero-order chi connectivity index (χ0) is 20.3. The van der Waals surface area contributed by atoms with Crippen LogP contribution in [0.1, 0.15) is 0 Å². The Balaban J connectivity index is 1.91. The number of hydrogen-bond donors (Lipinski definition) is 1. The van der Waals surface area contributed by atoms with Crippen molar-refractivity contribution in [2.24, 2.45) is 0 Å². The maximum Gasteiger partial charge on any atom is 0.125 e. The highest BCUT2D eigenvalue weighted by atomic mass is 16.3. The Labute approximate surface area is 175 Å². The number of benzene rings is 4. The molecule has 0 radical (unpaired) electrons. The fourth-order valence-corrected chi connectivity index (χ4v) is 3.78. The SMILES string of the molecule is Oc1ccccc1-c1nn(-c2ccccc2)c(-c2ccccc2)c1-c1ccccc1. The molecule has 4 aromatic carbocycles. The summed E-state index contributed by atoms with van der Waals surface area (Å²) >= 11 is 0. The van der Waals surface area contributed by atoms with Gasteiger partial charge >= 0.3 is 0 Å². The molecule has 0 spiro atoms. The minimum Gasteiger partial charge on any atom is -0.507 e. The normalized spacial score (nSPS) is 10.8. The number of para-hydroxylation sites is 2. The van der Waals surface area contributed by atoms with E-state index in [1.165, 1.54) is 0 Å². The van der Waals surface area contributed by atoms with Gasteiger partial charge in [0.25, 0.3) is 0 Å². The number of rotatable bonds is 4. The Kier molecular flexibility index (Phi) is 4.62. The summed E-state index contributed by atoms with van der Waals surface area (Å²) in [7, 11) is 0. The summed E-state index contributed by atoms with van der Waals surface area (Å²) in [4.78, 5) is 0. The predicted molar refractivity (Wildman–Crippen MR) is 122 cm³/mol. The third kappa shape index (κ3) is 3.16. The zero-order valence-electron chi connectivity index (χ0n) is 16.3. The second kappa shape index (κ2) is 7.72. The molecule has 0 saturated carbocycles. The van der Waals surface area contributed by atoms with Gasteiger partial charge in [-0.3, -0.25) is 0 Å². The Morgan fingerprint density at radius 3 is 1.73 bits per heavy atom. The van der Waals surface area contributed by atoms with E-state index in [0.29, 0.717) is 5.56 Å². The number of aromatic nitrogens is 2. The summed E-state index contributed by atoms with van der Waals surface area (Å²) < 4.78 is 1.97. The van der Waals surface area contributed by atoms with Crippen LogP contribution in [0.2, 0.25) is 0 Å². The van der Waals surface area contributed by atoms with E-state index < -0.39 is 0 Å². The monoisotopic (exact) mass is 388 g/mol. The lowest BCUT2D eigenvalue weighted by Crippen LogP contribution is -1.99. The van der Waals surface area contributed by atoms with E-state index in [9.17, 15) is 5.11 Å². The molecule has 3 heteroatoms. The van der Waals surface area contributed by atoms with Crippen molar-refractivity contribution in [3.05, 3.63) is 115 Å². The van der Waals surface area contributed by atoms with Crippen LogP contribution in [-0.4, -0.2) is 14.9 Å². The molecule has 5 aromatic rings. The van der Waals surface area contributed by atoms with E-state index in [1.807, 2.05) is 89.6 Å². The first-order valence-electron chi connectivity index (χ1n) is 9.90. The van der Waals surface area contributed by atoms with Gasteiger partial charge in [0.15, 0.2) is 0 Å². The Hall–Kier alpha value is -4.11. The molecular formula is C27H20N2O. The average Bonchev–Trinajstić information content (AvgIpc) is 3.21. The van der Waals surface area contributed by atoms with Crippen molar-refractivity contribution in [2.75, 3.05) is 0 Å². The fraction of sp³-hybridized carbons (Fsp3) is 0.